The van der Waals surface area contributed by atoms with Crippen molar-refractivity contribution in [2.75, 3.05) is 12.4 Å². The van der Waals surface area contributed by atoms with Crippen LogP contribution in [0.1, 0.15) is 36.6 Å². The van der Waals surface area contributed by atoms with Crippen molar-refractivity contribution in [2.24, 2.45) is 0 Å². The SMILES string of the molecule is COC(=O)c1ccccc1C(=O)c1ccc(C(=O)O)cc1.ClCCl. The van der Waals surface area contributed by atoms with E-state index < -0.39 is 11.9 Å². The van der Waals surface area contributed by atoms with Gasteiger partial charge in [0, 0.05) is 11.1 Å². The molecule has 7 heteroatoms. The van der Waals surface area contributed by atoms with Crippen molar-refractivity contribution in [3.8, 4) is 0 Å². The molecule has 24 heavy (non-hydrogen) atoms. The van der Waals surface area contributed by atoms with Gasteiger partial charge >= 0.3 is 11.9 Å². The third-order valence-corrected chi connectivity index (χ3v) is 2.97. The first-order valence-corrected chi connectivity index (χ1v) is 7.70. The summed E-state index contributed by atoms with van der Waals surface area (Å²) >= 11 is 9.53. The molecule has 2 aromatic carbocycles. The van der Waals surface area contributed by atoms with Crippen molar-refractivity contribution < 1.29 is 24.2 Å². The number of carboxylic acids is 1. The molecule has 0 fully saturated rings. The van der Waals surface area contributed by atoms with Crippen molar-refractivity contribution in [3.05, 3.63) is 70.8 Å². The summed E-state index contributed by atoms with van der Waals surface area (Å²) in [6.45, 7) is 0. The number of benzene rings is 2. The third-order valence-electron chi connectivity index (χ3n) is 2.97. The summed E-state index contributed by atoms with van der Waals surface area (Å²) in [5, 5.41) is 9.03. The summed E-state index contributed by atoms with van der Waals surface area (Å²) < 4.78 is 4.64. The lowest BCUT2D eigenvalue weighted by Crippen LogP contribution is -2.11. The van der Waals surface area contributed by atoms with E-state index in [1.807, 2.05) is 0 Å². The minimum Gasteiger partial charge on any atom is -0.478 e. The molecule has 5 nitrogen and oxygen atoms in total. The van der Waals surface area contributed by atoms with Gasteiger partial charge in [0.05, 0.1) is 23.6 Å². The Morgan fingerprint density at radius 2 is 1.38 bits per heavy atom. The van der Waals surface area contributed by atoms with Crippen LogP contribution in [0.5, 0.6) is 0 Å². The Morgan fingerprint density at radius 3 is 1.83 bits per heavy atom. The molecule has 0 aromatic heterocycles. The topological polar surface area (TPSA) is 80.7 Å². The highest BCUT2D eigenvalue weighted by Gasteiger charge is 2.18. The smallest absolute Gasteiger partial charge is 0.338 e. The van der Waals surface area contributed by atoms with Gasteiger partial charge < -0.3 is 9.84 Å². The minimum absolute atomic E-state index is 0.0906. The van der Waals surface area contributed by atoms with Crippen molar-refractivity contribution in [3.63, 3.8) is 0 Å². The number of hydrogen-bond donors (Lipinski definition) is 1. The summed E-state index contributed by atoms with van der Waals surface area (Å²) in [6, 6.07) is 11.8. The van der Waals surface area contributed by atoms with Gasteiger partial charge in [0.1, 0.15) is 0 Å². The summed E-state index contributed by atoms with van der Waals surface area (Å²) in [4.78, 5) is 34.9. The molecule has 0 unspecified atom stereocenters. The van der Waals surface area contributed by atoms with Gasteiger partial charge in [-0.1, -0.05) is 30.3 Å². The summed E-state index contributed by atoms with van der Waals surface area (Å²) in [6.07, 6.45) is 0. The highest BCUT2D eigenvalue weighted by atomic mass is 35.5. The van der Waals surface area contributed by atoms with E-state index >= 15 is 0 Å². The number of alkyl halides is 2. The van der Waals surface area contributed by atoms with Crippen molar-refractivity contribution in [1.29, 1.82) is 0 Å². The number of carbonyl (C=O) groups is 3. The highest BCUT2D eigenvalue weighted by molar-refractivity contribution is 6.40. The lowest BCUT2D eigenvalue weighted by Gasteiger charge is -2.07. The molecule has 126 valence electrons. The molecule has 0 amide bonds. The zero-order valence-corrected chi connectivity index (χ0v) is 14.2. The van der Waals surface area contributed by atoms with Crippen LogP contribution in [0, 0.1) is 0 Å². The number of rotatable bonds is 4. The van der Waals surface area contributed by atoms with Crippen molar-refractivity contribution in [1.82, 2.24) is 0 Å². The fourth-order valence-corrected chi connectivity index (χ4v) is 1.89. The Hall–Kier alpha value is -2.37. The first kappa shape index (κ1) is 19.7. The molecule has 0 heterocycles. The van der Waals surface area contributed by atoms with E-state index in [0.29, 0.717) is 5.56 Å². The van der Waals surface area contributed by atoms with Crippen LogP contribution in [0.3, 0.4) is 0 Å². The van der Waals surface area contributed by atoms with Gasteiger partial charge in [-0.2, -0.15) is 0 Å². The molecule has 0 aliphatic rings. The zero-order chi connectivity index (χ0) is 18.1. The number of hydrogen-bond acceptors (Lipinski definition) is 4. The maximum Gasteiger partial charge on any atom is 0.338 e. The number of ketones is 1. The summed E-state index contributed by atoms with van der Waals surface area (Å²) in [5.74, 6) is -2.03. The van der Waals surface area contributed by atoms with E-state index in [9.17, 15) is 14.4 Å². The number of halogens is 2. The van der Waals surface area contributed by atoms with E-state index in [-0.39, 0.29) is 27.8 Å². The Kier molecular flexibility index (Phi) is 7.95. The largest absolute Gasteiger partial charge is 0.478 e. The Labute approximate surface area is 148 Å². The van der Waals surface area contributed by atoms with Crippen LogP contribution in [0.25, 0.3) is 0 Å². The fraction of sp³-hybridized carbons (Fsp3) is 0.118. The van der Waals surface area contributed by atoms with Gasteiger partial charge in [-0.05, 0) is 18.2 Å². The minimum atomic E-state index is -1.07. The predicted octanol–water partition coefficient (Wildman–Crippen LogP) is 3.82. The van der Waals surface area contributed by atoms with E-state index in [2.05, 4.69) is 4.74 Å². The Balaban J connectivity index is 0.000000891. The lowest BCUT2D eigenvalue weighted by molar-refractivity contribution is 0.0597. The number of carbonyl (C=O) groups excluding carboxylic acids is 2. The van der Waals surface area contributed by atoms with Crippen LogP contribution in [-0.2, 0) is 4.74 Å². The molecule has 0 bridgehead atoms. The van der Waals surface area contributed by atoms with Crippen molar-refractivity contribution in [2.45, 2.75) is 0 Å². The number of methoxy groups -OCH3 is 1. The molecule has 2 rings (SSSR count). The Bertz CT molecular complexity index is 726. The van der Waals surface area contributed by atoms with Crippen LogP contribution in [0.15, 0.2) is 48.5 Å². The van der Waals surface area contributed by atoms with Gasteiger partial charge in [0.15, 0.2) is 5.78 Å². The number of esters is 1. The zero-order valence-electron chi connectivity index (χ0n) is 12.7. The quantitative estimate of drug-likeness (QED) is 0.503. The summed E-state index contributed by atoms with van der Waals surface area (Å²) in [7, 11) is 1.24. The number of aromatic carboxylic acids is 1. The first-order valence-electron chi connectivity index (χ1n) is 6.63. The molecule has 0 aliphatic carbocycles. The molecular weight excluding hydrogens is 355 g/mol. The molecule has 0 spiro atoms. The third kappa shape index (κ3) is 5.08. The van der Waals surface area contributed by atoms with Crippen LogP contribution in [0.4, 0.5) is 0 Å². The van der Waals surface area contributed by atoms with Gasteiger partial charge in [-0.25, -0.2) is 9.59 Å². The van der Waals surface area contributed by atoms with Gasteiger partial charge in [0.2, 0.25) is 0 Å². The molecule has 0 saturated heterocycles. The number of carboxylic acid groups (broad SMARTS) is 1. The first-order chi connectivity index (χ1) is 11.5. The molecular formula is C17H14Cl2O5. The average Bonchev–Trinajstić information content (AvgIpc) is 2.61. The van der Waals surface area contributed by atoms with Crippen LogP contribution < -0.4 is 0 Å². The maximum absolute atomic E-state index is 12.4. The van der Waals surface area contributed by atoms with Gasteiger partial charge in [-0.3, -0.25) is 4.79 Å². The monoisotopic (exact) mass is 368 g/mol. The van der Waals surface area contributed by atoms with E-state index in [1.165, 1.54) is 43.5 Å². The van der Waals surface area contributed by atoms with Crippen molar-refractivity contribution >= 4 is 40.9 Å². The Morgan fingerprint density at radius 1 is 0.917 bits per heavy atom. The molecule has 0 aliphatic heterocycles. The second-order valence-corrected chi connectivity index (χ2v) is 5.16. The van der Waals surface area contributed by atoms with E-state index in [1.54, 1.807) is 12.1 Å². The van der Waals surface area contributed by atoms with E-state index in [0.717, 1.165) is 0 Å². The molecule has 0 radical (unpaired) electrons. The average molecular weight is 369 g/mol. The lowest BCUT2D eigenvalue weighted by atomic mass is 9.97. The van der Waals surface area contributed by atoms with Gasteiger partial charge in [-0.15, -0.1) is 23.2 Å². The second kappa shape index (κ2) is 9.70. The second-order valence-electron chi connectivity index (χ2n) is 4.35. The van der Waals surface area contributed by atoms with Crippen LogP contribution in [-0.4, -0.2) is 35.3 Å². The highest BCUT2D eigenvalue weighted by Crippen LogP contribution is 2.16. The maximum atomic E-state index is 12.4. The molecule has 0 saturated carbocycles. The summed E-state index contributed by atoms with van der Waals surface area (Å²) in [5.41, 5.74) is 0.781. The van der Waals surface area contributed by atoms with Gasteiger partial charge in [0.25, 0.3) is 0 Å². The molecule has 2 aromatic rings. The molecule has 0 atom stereocenters. The molecule has 1 N–H and O–H groups in total. The fourth-order valence-electron chi connectivity index (χ4n) is 1.89. The normalized spacial score (nSPS) is 9.46. The van der Waals surface area contributed by atoms with E-state index in [4.69, 9.17) is 28.3 Å². The van der Waals surface area contributed by atoms with Crippen LogP contribution in [0.2, 0.25) is 0 Å². The van der Waals surface area contributed by atoms with Crippen LogP contribution >= 0.6 is 23.2 Å². The number of ether oxygens (including phenoxy) is 1. The standard InChI is InChI=1S/C16H12O5.CH2Cl2/c1-21-16(20)13-5-3-2-4-12(13)14(17)10-6-8-11(9-7-10)15(18)19;2-1-3/h2-9H,1H3,(H,18,19);1H2. The predicted molar refractivity (Wildman–Crippen MR) is 91.2 cm³/mol.